The molecule has 24 heavy (non-hydrogen) atoms. The Hall–Kier alpha value is -2.49. The van der Waals surface area contributed by atoms with Crippen LogP contribution < -0.4 is 10.5 Å². The minimum absolute atomic E-state index is 0.0647. The average Bonchev–Trinajstić information content (AvgIpc) is 2.52. The molecular weight excluding hydrogens is 334 g/mol. The molecular formula is C15H17N3O5S. The third-order valence-corrected chi connectivity index (χ3v) is 4.28. The van der Waals surface area contributed by atoms with E-state index in [0.29, 0.717) is 6.42 Å². The van der Waals surface area contributed by atoms with Crippen molar-refractivity contribution >= 4 is 21.4 Å². The number of nitrogens with zero attached hydrogens (tertiary/aromatic N) is 1. The molecule has 0 fully saturated rings. The summed E-state index contributed by atoms with van der Waals surface area (Å²) in [6.07, 6.45) is -0.387. The Morgan fingerprint density at radius 3 is 2.46 bits per heavy atom. The number of primary sulfonamides is 1. The predicted octanol–water partition coefficient (Wildman–Crippen LogP) is 1.26. The monoisotopic (exact) mass is 351 g/mol. The zero-order valence-corrected chi connectivity index (χ0v) is 13.4. The Morgan fingerprint density at radius 1 is 1.21 bits per heavy atom. The maximum absolute atomic E-state index is 11.6. The SMILES string of the molecule is NS(=O)(=O)c1cc([N+](=O)[O-])ccc1NCC(O)Cc1ccccc1. The van der Waals surface area contributed by atoms with E-state index in [2.05, 4.69) is 5.32 Å². The lowest BCUT2D eigenvalue weighted by atomic mass is 10.1. The first kappa shape index (κ1) is 17.9. The number of aliphatic hydroxyl groups excluding tert-OH is 1. The summed E-state index contributed by atoms with van der Waals surface area (Å²) in [6, 6.07) is 12.6. The molecule has 128 valence electrons. The van der Waals surface area contributed by atoms with Crippen LogP contribution in [0.15, 0.2) is 53.4 Å². The van der Waals surface area contributed by atoms with Gasteiger partial charge in [-0.2, -0.15) is 0 Å². The van der Waals surface area contributed by atoms with E-state index in [1.807, 2.05) is 30.3 Å². The lowest BCUT2D eigenvalue weighted by Crippen LogP contribution is -2.23. The summed E-state index contributed by atoms with van der Waals surface area (Å²) in [4.78, 5) is 9.68. The largest absolute Gasteiger partial charge is 0.391 e. The number of aliphatic hydroxyl groups is 1. The summed E-state index contributed by atoms with van der Waals surface area (Å²) >= 11 is 0. The van der Waals surface area contributed by atoms with Crippen LogP contribution in [-0.2, 0) is 16.4 Å². The highest BCUT2D eigenvalue weighted by atomic mass is 32.2. The highest BCUT2D eigenvalue weighted by Crippen LogP contribution is 2.25. The molecule has 0 heterocycles. The number of sulfonamides is 1. The smallest absolute Gasteiger partial charge is 0.270 e. The van der Waals surface area contributed by atoms with E-state index >= 15 is 0 Å². The summed E-state index contributed by atoms with van der Waals surface area (Å²) < 4.78 is 23.2. The first-order valence-corrected chi connectivity index (χ1v) is 8.59. The van der Waals surface area contributed by atoms with Crippen LogP contribution in [0.4, 0.5) is 11.4 Å². The summed E-state index contributed by atoms with van der Waals surface area (Å²) in [6.45, 7) is 0.0647. The molecule has 2 aromatic rings. The Balaban J connectivity index is 2.13. The van der Waals surface area contributed by atoms with Crippen molar-refractivity contribution in [2.24, 2.45) is 5.14 Å². The van der Waals surface area contributed by atoms with E-state index < -0.39 is 21.1 Å². The van der Waals surface area contributed by atoms with Crippen molar-refractivity contribution in [1.82, 2.24) is 0 Å². The van der Waals surface area contributed by atoms with Crippen LogP contribution in [-0.4, -0.2) is 31.1 Å². The zero-order chi connectivity index (χ0) is 17.7. The second-order valence-electron chi connectivity index (χ2n) is 5.21. The van der Waals surface area contributed by atoms with E-state index in [9.17, 15) is 23.6 Å². The van der Waals surface area contributed by atoms with Crippen LogP contribution >= 0.6 is 0 Å². The van der Waals surface area contributed by atoms with E-state index in [4.69, 9.17) is 5.14 Å². The number of anilines is 1. The molecule has 0 aliphatic rings. The number of nitro groups is 1. The molecule has 0 amide bonds. The molecule has 4 N–H and O–H groups in total. The van der Waals surface area contributed by atoms with E-state index in [1.165, 1.54) is 12.1 Å². The number of nitro benzene ring substituents is 1. The molecule has 1 unspecified atom stereocenters. The van der Waals surface area contributed by atoms with Crippen molar-refractivity contribution in [3.63, 3.8) is 0 Å². The summed E-state index contributed by atoms with van der Waals surface area (Å²) in [5.41, 5.74) is 0.659. The standard InChI is InChI=1S/C15H17N3O5S/c16-24(22,23)15-9-12(18(20)21)6-7-14(15)17-10-13(19)8-11-4-2-1-3-5-11/h1-7,9,13,17,19H,8,10H2,(H2,16,22,23). The van der Waals surface area contributed by atoms with Crippen LogP contribution in [0.5, 0.6) is 0 Å². The van der Waals surface area contributed by atoms with Crippen LogP contribution in [0.1, 0.15) is 5.56 Å². The molecule has 2 rings (SSSR count). The number of benzene rings is 2. The number of nitrogens with two attached hydrogens (primary N) is 1. The lowest BCUT2D eigenvalue weighted by Gasteiger charge is -2.15. The number of hydrogen-bond acceptors (Lipinski definition) is 6. The molecule has 2 aromatic carbocycles. The Kier molecular flexibility index (Phi) is 5.50. The molecule has 0 spiro atoms. The van der Waals surface area contributed by atoms with Gasteiger partial charge in [0.15, 0.2) is 0 Å². The Morgan fingerprint density at radius 2 is 1.88 bits per heavy atom. The summed E-state index contributed by atoms with van der Waals surface area (Å²) in [5.74, 6) is 0. The van der Waals surface area contributed by atoms with Crippen molar-refractivity contribution in [2.45, 2.75) is 17.4 Å². The third-order valence-electron chi connectivity index (χ3n) is 3.32. The van der Waals surface area contributed by atoms with Gasteiger partial charge < -0.3 is 10.4 Å². The van der Waals surface area contributed by atoms with Gasteiger partial charge in [-0.05, 0) is 11.6 Å². The molecule has 0 bridgehead atoms. The molecule has 0 aliphatic carbocycles. The molecule has 9 heteroatoms. The minimum atomic E-state index is -4.14. The number of rotatable bonds is 7. The summed E-state index contributed by atoms with van der Waals surface area (Å²) in [5, 5.41) is 28.7. The third kappa shape index (κ3) is 4.75. The van der Waals surface area contributed by atoms with Gasteiger partial charge in [0.1, 0.15) is 4.90 Å². The van der Waals surface area contributed by atoms with Gasteiger partial charge in [-0.25, -0.2) is 13.6 Å². The fourth-order valence-electron chi connectivity index (χ4n) is 2.19. The molecule has 0 aromatic heterocycles. The van der Waals surface area contributed by atoms with Crippen molar-refractivity contribution in [2.75, 3.05) is 11.9 Å². The molecule has 0 saturated carbocycles. The molecule has 0 saturated heterocycles. The van der Waals surface area contributed by atoms with Crippen molar-refractivity contribution in [1.29, 1.82) is 0 Å². The van der Waals surface area contributed by atoms with Crippen molar-refractivity contribution in [3.8, 4) is 0 Å². The van der Waals surface area contributed by atoms with E-state index in [0.717, 1.165) is 11.6 Å². The first-order valence-electron chi connectivity index (χ1n) is 7.04. The highest BCUT2D eigenvalue weighted by Gasteiger charge is 2.19. The normalized spacial score (nSPS) is 12.6. The van der Waals surface area contributed by atoms with Crippen LogP contribution in [0.2, 0.25) is 0 Å². The number of nitrogens with one attached hydrogen (secondary N) is 1. The maximum atomic E-state index is 11.6. The topological polar surface area (TPSA) is 136 Å². The minimum Gasteiger partial charge on any atom is -0.391 e. The van der Waals surface area contributed by atoms with Gasteiger partial charge in [-0.3, -0.25) is 10.1 Å². The van der Waals surface area contributed by atoms with Crippen LogP contribution in [0, 0.1) is 10.1 Å². The van der Waals surface area contributed by atoms with Gasteiger partial charge in [0.25, 0.3) is 5.69 Å². The van der Waals surface area contributed by atoms with E-state index in [-0.39, 0.29) is 22.8 Å². The van der Waals surface area contributed by atoms with Crippen molar-refractivity contribution in [3.05, 3.63) is 64.2 Å². The van der Waals surface area contributed by atoms with Gasteiger partial charge in [-0.15, -0.1) is 0 Å². The molecule has 8 nitrogen and oxygen atoms in total. The van der Waals surface area contributed by atoms with E-state index in [1.54, 1.807) is 0 Å². The quantitative estimate of drug-likeness (QED) is 0.507. The van der Waals surface area contributed by atoms with Gasteiger partial charge in [-0.1, -0.05) is 30.3 Å². The fraction of sp³-hybridized carbons (Fsp3) is 0.200. The van der Waals surface area contributed by atoms with Gasteiger partial charge >= 0.3 is 0 Å². The predicted molar refractivity (Wildman–Crippen MR) is 89.1 cm³/mol. The second kappa shape index (κ2) is 7.39. The molecule has 0 aliphatic heterocycles. The fourth-order valence-corrected chi connectivity index (χ4v) is 2.92. The lowest BCUT2D eigenvalue weighted by molar-refractivity contribution is -0.385. The Labute approximate surface area is 139 Å². The summed E-state index contributed by atoms with van der Waals surface area (Å²) in [7, 11) is -4.14. The van der Waals surface area contributed by atoms with Gasteiger partial charge in [0, 0.05) is 25.1 Å². The number of hydrogen-bond donors (Lipinski definition) is 3. The highest BCUT2D eigenvalue weighted by molar-refractivity contribution is 7.89. The van der Waals surface area contributed by atoms with Crippen LogP contribution in [0.25, 0.3) is 0 Å². The Bertz CT molecular complexity index is 824. The van der Waals surface area contributed by atoms with Crippen molar-refractivity contribution < 1.29 is 18.4 Å². The maximum Gasteiger partial charge on any atom is 0.270 e. The molecule has 1 atom stereocenters. The zero-order valence-electron chi connectivity index (χ0n) is 12.6. The number of non-ortho nitro benzene ring substituents is 1. The first-order chi connectivity index (χ1) is 11.3. The van der Waals surface area contributed by atoms with Crippen LogP contribution in [0.3, 0.4) is 0 Å². The van der Waals surface area contributed by atoms with Gasteiger partial charge in [0.05, 0.1) is 16.7 Å². The molecule has 0 radical (unpaired) electrons. The average molecular weight is 351 g/mol. The second-order valence-corrected chi connectivity index (χ2v) is 6.74. The van der Waals surface area contributed by atoms with Gasteiger partial charge in [0.2, 0.25) is 10.0 Å².